The molecule has 1 atom stereocenters. The predicted molar refractivity (Wildman–Crippen MR) is 64.9 cm³/mol. The van der Waals surface area contributed by atoms with Crippen molar-refractivity contribution < 1.29 is 9.53 Å². The quantitative estimate of drug-likeness (QED) is 0.605. The molecular formula is C12H15BrO2. The normalized spacial score (nSPS) is 12.2. The van der Waals surface area contributed by atoms with Crippen LogP contribution in [0.1, 0.15) is 30.1 Å². The summed E-state index contributed by atoms with van der Waals surface area (Å²) in [6.07, 6.45) is 1.86. The highest BCUT2D eigenvalue weighted by Crippen LogP contribution is 2.17. The van der Waals surface area contributed by atoms with Gasteiger partial charge in [-0.05, 0) is 30.7 Å². The van der Waals surface area contributed by atoms with Crippen LogP contribution in [-0.2, 0) is 0 Å². The van der Waals surface area contributed by atoms with Crippen LogP contribution in [0.25, 0.3) is 0 Å². The van der Waals surface area contributed by atoms with Gasteiger partial charge in [-0.25, -0.2) is 0 Å². The molecule has 0 saturated carbocycles. The zero-order valence-electron chi connectivity index (χ0n) is 9.00. The minimum atomic E-state index is -0.0732. The number of Topliss-reactive ketones (excluding diaryl/α,β-unsaturated/α-hetero) is 1. The first-order valence-electron chi connectivity index (χ1n) is 5.01. The van der Waals surface area contributed by atoms with Crippen LogP contribution in [0.4, 0.5) is 0 Å². The third-order valence-electron chi connectivity index (χ3n) is 2.20. The van der Waals surface area contributed by atoms with Crippen LogP contribution < -0.4 is 4.74 Å². The van der Waals surface area contributed by atoms with Gasteiger partial charge in [-0.1, -0.05) is 29.3 Å². The van der Waals surface area contributed by atoms with Crippen molar-refractivity contribution in [2.24, 2.45) is 0 Å². The fourth-order valence-electron chi connectivity index (χ4n) is 1.32. The Morgan fingerprint density at radius 3 is 2.47 bits per heavy atom. The monoisotopic (exact) mass is 270 g/mol. The van der Waals surface area contributed by atoms with E-state index in [4.69, 9.17) is 4.74 Å². The number of methoxy groups -OCH3 is 1. The second-order valence-electron chi connectivity index (χ2n) is 3.35. The number of hydrogen-bond acceptors (Lipinski definition) is 2. The molecule has 0 amide bonds. The van der Waals surface area contributed by atoms with Crippen molar-refractivity contribution in [2.45, 2.75) is 24.6 Å². The van der Waals surface area contributed by atoms with Gasteiger partial charge < -0.3 is 4.74 Å². The Morgan fingerprint density at radius 1 is 1.40 bits per heavy atom. The molecule has 0 spiro atoms. The largest absolute Gasteiger partial charge is 0.497 e. The van der Waals surface area contributed by atoms with E-state index in [-0.39, 0.29) is 10.6 Å². The molecule has 0 unspecified atom stereocenters. The lowest BCUT2D eigenvalue weighted by molar-refractivity contribution is 0.0988. The lowest BCUT2D eigenvalue weighted by Crippen LogP contribution is -2.13. The molecule has 82 valence electrons. The molecule has 1 aromatic rings. The molecule has 0 aliphatic rings. The maximum absolute atomic E-state index is 11.8. The predicted octanol–water partition coefficient (Wildman–Crippen LogP) is 3.44. The van der Waals surface area contributed by atoms with Gasteiger partial charge in [-0.15, -0.1) is 0 Å². The van der Waals surface area contributed by atoms with Gasteiger partial charge in [0.25, 0.3) is 0 Å². The van der Waals surface area contributed by atoms with Crippen LogP contribution >= 0.6 is 15.9 Å². The molecule has 1 aromatic carbocycles. The zero-order chi connectivity index (χ0) is 11.3. The van der Waals surface area contributed by atoms with Crippen LogP contribution in [0, 0.1) is 0 Å². The van der Waals surface area contributed by atoms with Crippen molar-refractivity contribution in [3.63, 3.8) is 0 Å². The number of ketones is 1. The van der Waals surface area contributed by atoms with Crippen molar-refractivity contribution in [3.8, 4) is 5.75 Å². The summed E-state index contributed by atoms with van der Waals surface area (Å²) in [5, 5.41) is 0. The molecule has 0 saturated heterocycles. The first kappa shape index (κ1) is 12.2. The highest BCUT2D eigenvalue weighted by molar-refractivity contribution is 9.10. The SMILES string of the molecule is CCC[C@H](Br)C(=O)c1ccc(OC)cc1. The molecule has 0 bridgehead atoms. The lowest BCUT2D eigenvalue weighted by Gasteiger charge is -2.07. The number of halogens is 1. The first-order chi connectivity index (χ1) is 7.19. The van der Waals surface area contributed by atoms with Gasteiger partial charge in [0.1, 0.15) is 5.75 Å². The van der Waals surface area contributed by atoms with Crippen LogP contribution in [0.3, 0.4) is 0 Å². The van der Waals surface area contributed by atoms with Gasteiger partial charge in [0.05, 0.1) is 11.9 Å². The summed E-state index contributed by atoms with van der Waals surface area (Å²) in [5.74, 6) is 0.910. The number of carbonyl (C=O) groups excluding carboxylic acids is 1. The van der Waals surface area contributed by atoms with Crippen LogP contribution in [0.5, 0.6) is 5.75 Å². The second kappa shape index (κ2) is 5.91. The summed E-state index contributed by atoms with van der Waals surface area (Å²) < 4.78 is 5.03. The minimum Gasteiger partial charge on any atom is -0.497 e. The van der Waals surface area contributed by atoms with Gasteiger partial charge in [-0.2, -0.15) is 0 Å². The third-order valence-corrected chi connectivity index (χ3v) is 3.07. The van der Waals surface area contributed by atoms with E-state index >= 15 is 0 Å². The molecular weight excluding hydrogens is 256 g/mol. The molecule has 2 nitrogen and oxygen atoms in total. The molecule has 1 rings (SSSR count). The van der Waals surface area contributed by atoms with Crippen molar-refractivity contribution in [1.29, 1.82) is 0 Å². The number of carbonyl (C=O) groups is 1. The molecule has 0 radical (unpaired) electrons. The molecule has 0 aliphatic carbocycles. The summed E-state index contributed by atoms with van der Waals surface area (Å²) in [6, 6.07) is 7.20. The first-order valence-corrected chi connectivity index (χ1v) is 5.93. The van der Waals surface area contributed by atoms with E-state index in [2.05, 4.69) is 22.9 Å². The van der Waals surface area contributed by atoms with Crippen molar-refractivity contribution in [2.75, 3.05) is 7.11 Å². The molecule has 0 N–H and O–H groups in total. The van der Waals surface area contributed by atoms with Crippen LogP contribution in [0.2, 0.25) is 0 Å². The van der Waals surface area contributed by atoms with Gasteiger partial charge in [0.15, 0.2) is 5.78 Å². The smallest absolute Gasteiger partial charge is 0.176 e. The molecule has 0 aromatic heterocycles. The Bertz CT molecular complexity index is 319. The Kier molecular flexibility index (Phi) is 4.82. The van der Waals surface area contributed by atoms with Gasteiger partial charge in [0.2, 0.25) is 0 Å². The van der Waals surface area contributed by atoms with E-state index in [0.29, 0.717) is 0 Å². The standard InChI is InChI=1S/C12H15BrO2/c1-3-4-11(13)12(14)9-5-7-10(15-2)8-6-9/h5-8,11H,3-4H2,1-2H3/t11-/m0/s1. The summed E-state index contributed by atoms with van der Waals surface area (Å²) >= 11 is 3.39. The topological polar surface area (TPSA) is 26.3 Å². The van der Waals surface area contributed by atoms with E-state index in [1.807, 2.05) is 0 Å². The Labute approximate surface area is 98.8 Å². The van der Waals surface area contributed by atoms with E-state index < -0.39 is 0 Å². The average molecular weight is 271 g/mol. The van der Waals surface area contributed by atoms with Gasteiger partial charge in [-0.3, -0.25) is 4.79 Å². The highest BCUT2D eigenvalue weighted by atomic mass is 79.9. The molecule has 0 fully saturated rings. The molecule has 0 heterocycles. The van der Waals surface area contributed by atoms with Gasteiger partial charge in [0, 0.05) is 5.56 Å². The number of benzene rings is 1. The summed E-state index contributed by atoms with van der Waals surface area (Å²) in [4.78, 5) is 11.8. The van der Waals surface area contributed by atoms with Crippen molar-refractivity contribution in [3.05, 3.63) is 29.8 Å². The van der Waals surface area contributed by atoms with E-state index in [9.17, 15) is 4.79 Å². The van der Waals surface area contributed by atoms with E-state index in [1.165, 1.54) is 0 Å². The minimum absolute atomic E-state index is 0.0732. The maximum atomic E-state index is 11.8. The Morgan fingerprint density at radius 2 is 2.00 bits per heavy atom. The van der Waals surface area contributed by atoms with E-state index in [0.717, 1.165) is 24.2 Å². The van der Waals surface area contributed by atoms with Gasteiger partial charge >= 0.3 is 0 Å². The molecule has 3 heteroatoms. The van der Waals surface area contributed by atoms with Crippen molar-refractivity contribution in [1.82, 2.24) is 0 Å². The fraction of sp³-hybridized carbons (Fsp3) is 0.417. The Balaban J connectivity index is 2.73. The number of ether oxygens (including phenoxy) is 1. The fourth-order valence-corrected chi connectivity index (χ4v) is 2.04. The maximum Gasteiger partial charge on any atom is 0.176 e. The summed E-state index contributed by atoms with van der Waals surface area (Å²) in [7, 11) is 1.61. The van der Waals surface area contributed by atoms with Crippen molar-refractivity contribution >= 4 is 21.7 Å². The third kappa shape index (κ3) is 3.34. The average Bonchev–Trinajstić information content (AvgIpc) is 2.28. The Hall–Kier alpha value is -0.830. The van der Waals surface area contributed by atoms with E-state index in [1.54, 1.807) is 31.4 Å². The summed E-state index contributed by atoms with van der Waals surface area (Å²) in [6.45, 7) is 2.07. The second-order valence-corrected chi connectivity index (χ2v) is 4.45. The number of rotatable bonds is 5. The lowest BCUT2D eigenvalue weighted by atomic mass is 10.1. The zero-order valence-corrected chi connectivity index (χ0v) is 10.6. The van der Waals surface area contributed by atoms with Crippen LogP contribution in [-0.4, -0.2) is 17.7 Å². The number of hydrogen-bond donors (Lipinski definition) is 0. The molecule has 0 aliphatic heterocycles. The van der Waals surface area contributed by atoms with Crippen LogP contribution in [0.15, 0.2) is 24.3 Å². The number of alkyl halides is 1. The highest BCUT2D eigenvalue weighted by Gasteiger charge is 2.15. The summed E-state index contributed by atoms with van der Waals surface area (Å²) in [5.41, 5.74) is 0.728. The molecule has 15 heavy (non-hydrogen) atoms.